The highest BCUT2D eigenvalue weighted by Crippen LogP contribution is 2.24. The first-order valence-corrected chi connectivity index (χ1v) is 11.2. The standard InChI is InChI=1S/C19H22F5N3O3S/c20-14-2-1-3-15(21)13(14)11-27(7-4-12-5-8-31(29,30)9-6-12)18(28)16(25)10-17(26)19(22,23)24/h1-3,10,12,26H,4-9,11,25H2/b16-10-,26-17?. The lowest BCUT2D eigenvalue weighted by Gasteiger charge is -2.27. The lowest BCUT2D eigenvalue weighted by atomic mass is 9.98. The molecule has 0 saturated carbocycles. The SMILES string of the molecule is N=C(/C=C(\N)C(=O)N(CCC1CCS(=O)(=O)CC1)Cc1c(F)cccc1F)C(F)(F)F. The monoisotopic (exact) mass is 467 g/mol. The largest absolute Gasteiger partial charge is 0.432 e. The van der Waals surface area contributed by atoms with E-state index in [9.17, 15) is 35.2 Å². The van der Waals surface area contributed by atoms with Gasteiger partial charge in [-0.1, -0.05) is 6.07 Å². The van der Waals surface area contributed by atoms with Gasteiger partial charge in [-0.05, 0) is 43.4 Å². The highest BCUT2D eigenvalue weighted by molar-refractivity contribution is 7.91. The van der Waals surface area contributed by atoms with Gasteiger partial charge in [0.25, 0.3) is 5.91 Å². The molecule has 0 aliphatic carbocycles. The molecule has 12 heteroatoms. The first kappa shape index (κ1) is 24.8. The number of nitrogens with one attached hydrogen (secondary N) is 1. The van der Waals surface area contributed by atoms with Crippen LogP contribution in [0.15, 0.2) is 30.0 Å². The third-order valence-electron chi connectivity index (χ3n) is 5.03. The second kappa shape index (κ2) is 9.75. The number of sulfone groups is 1. The predicted molar refractivity (Wildman–Crippen MR) is 104 cm³/mol. The molecule has 172 valence electrons. The van der Waals surface area contributed by atoms with Crippen LogP contribution < -0.4 is 5.73 Å². The fraction of sp³-hybridized carbons (Fsp3) is 0.474. The number of hydrogen-bond acceptors (Lipinski definition) is 5. The number of nitrogens with two attached hydrogens (primary N) is 1. The van der Waals surface area contributed by atoms with E-state index in [1.165, 1.54) is 0 Å². The van der Waals surface area contributed by atoms with Crippen molar-refractivity contribution in [2.45, 2.75) is 32.0 Å². The van der Waals surface area contributed by atoms with Crippen LogP contribution in [0.25, 0.3) is 0 Å². The third kappa shape index (κ3) is 7.01. The summed E-state index contributed by atoms with van der Waals surface area (Å²) in [5, 5.41) is 6.96. The minimum atomic E-state index is -5.01. The Morgan fingerprint density at radius 3 is 2.26 bits per heavy atom. The second-order valence-corrected chi connectivity index (χ2v) is 9.63. The molecule has 1 heterocycles. The van der Waals surface area contributed by atoms with Gasteiger partial charge in [-0.3, -0.25) is 10.2 Å². The number of benzene rings is 1. The Bertz CT molecular complexity index is 942. The molecule has 0 aromatic heterocycles. The van der Waals surface area contributed by atoms with Gasteiger partial charge in [0.15, 0.2) is 0 Å². The average Bonchev–Trinajstić information content (AvgIpc) is 2.66. The molecule has 1 aliphatic rings. The number of hydrogen-bond donors (Lipinski definition) is 2. The Kier molecular flexibility index (Phi) is 7.79. The predicted octanol–water partition coefficient (Wildman–Crippen LogP) is 2.93. The molecule has 0 unspecified atom stereocenters. The Morgan fingerprint density at radius 2 is 1.74 bits per heavy atom. The van der Waals surface area contributed by atoms with E-state index in [-0.39, 0.29) is 36.5 Å². The van der Waals surface area contributed by atoms with Crippen molar-refractivity contribution in [1.29, 1.82) is 5.41 Å². The first-order valence-electron chi connectivity index (χ1n) is 9.35. The van der Waals surface area contributed by atoms with E-state index in [1.54, 1.807) is 0 Å². The maximum Gasteiger partial charge on any atom is 0.432 e. The number of carbonyl (C=O) groups excluding carboxylic acids is 1. The summed E-state index contributed by atoms with van der Waals surface area (Å²) in [5.41, 5.74) is 2.26. The van der Waals surface area contributed by atoms with E-state index in [2.05, 4.69) is 0 Å². The zero-order valence-corrected chi connectivity index (χ0v) is 17.2. The van der Waals surface area contributed by atoms with Gasteiger partial charge in [0, 0.05) is 12.1 Å². The number of nitrogens with zero attached hydrogens (tertiary/aromatic N) is 1. The minimum absolute atomic E-state index is 0.0155. The number of allylic oxidation sites excluding steroid dienone is 1. The number of carbonyl (C=O) groups is 1. The van der Waals surface area contributed by atoms with Crippen LogP contribution in [0, 0.1) is 23.0 Å². The molecule has 6 nitrogen and oxygen atoms in total. The molecule has 1 amide bonds. The van der Waals surface area contributed by atoms with Gasteiger partial charge in [0.05, 0.1) is 23.7 Å². The number of alkyl halides is 3. The third-order valence-corrected chi connectivity index (χ3v) is 6.75. The smallest absolute Gasteiger partial charge is 0.394 e. The second-order valence-electron chi connectivity index (χ2n) is 7.32. The van der Waals surface area contributed by atoms with E-state index < -0.39 is 57.1 Å². The molecule has 1 aromatic rings. The van der Waals surface area contributed by atoms with Crippen molar-refractivity contribution in [3.05, 3.63) is 47.2 Å². The maximum absolute atomic E-state index is 14.0. The summed E-state index contributed by atoms with van der Waals surface area (Å²) in [6, 6.07) is 3.08. The van der Waals surface area contributed by atoms with Gasteiger partial charge in [0.1, 0.15) is 27.2 Å². The van der Waals surface area contributed by atoms with E-state index >= 15 is 0 Å². The van der Waals surface area contributed by atoms with Gasteiger partial charge in [-0.15, -0.1) is 0 Å². The summed E-state index contributed by atoms with van der Waals surface area (Å²) in [6.07, 6.45) is -3.88. The quantitative estimate of drug-likeness (QED) is 0.366. The van der Waals surface area contributed by atoms with Crippen LogP contribution >= 0.6 is 0 Å². The molecule has 0 spiro atoms. The van der Waals surface area contributed by atoms with Gasteiger partial charge >= 0.3 is 6.18 Å². The summed E-state index contributed by atoms with van der Waals surface area (Å²) in [4.78, 5) is 13.5. The highest BCUT2D eigenvalue weighted by atomic mass is 32.2. The maximum atomic E-state index is 14.0. The Labute approximate surface area is 176 Å². The summed E-state index contributed by atoms with van der Waals surface area (Å²) in [6.45, 7) is -0.693. The lowest BCUT2D eigenvalue weighted by Crippen LogP contribution is -2.37. The van der Waals surface area contributed by atoms with Crippen LogP contribution in [-0.2, 0) is 21.2 Å². The fourth-order valence-corrected chi connectivity index (χ4v) is 4.76. The van der Waals surface area contributed by atoms with Crippen molar-refractivity contribution in [2.75, 3.05) is 18.1 Å². The van der Waals surface area contributed by atoms with Crippen molar-refractivity contribution in [2.24, 2.45) is 11.7 Å². The van der Waals surface area contributed by atoms with Gasteiger partial charge in [0.2, 0.25) is 0 Å². The molecule has 3 N–H and O–H groups in total. The minimum Gasteiger partial charge on any atom is -0.394 e. The van der Waals surface area contributed by atoms with Crippen LogP contribution in [-0.4, -0.2) is 49.2 Å². The van der Waals surface area contributed by atoms with Crippen LogP contribution in [0.2, 0.25) is 0 Å². The molecular formula is C19H22F5N3O3S. The molecule has 1 fully saturated rings. The van der Waals surface area contributed by atoms with Crippen LogP contribution in [0.4, 0.5) is 22.0 Å². The van der Waals surface area contributed by atoms with E-state index in [0.29, 0.717) is 12.8 Å². The van der Waals surface area contributed by atoms with Crippen LogP contribution in [0.1, 0.15) is 24.8 Å². The molecule has 0 atom stereocenters. The Balaban J connectivity index is 2.21. The fourth-order valence-electron chi connectivity index (χ4n) is 3.17. The molecular weight excluding hydrogens is 445 g/mol. The van der Waals surface area contributed by atoms with Crippen LogP contribution in [0.3, 0.4) is 0 Å². The van der Waals surface area contributed by atoms with Gasteiger partial charge in [-0.25, -0.2) is 17.2 Å². The zero-order valence-electron chi connectivity index (χ0n) is 16.4. The van der Waals surface area contributed by atoms with Gasteiger partial charge < -0.3 is 10.6 Å². The average molecular weight is 467 g/mol. The van der Waals surface area contributed by atoms with E-state index in [0.717, 1.165) is 23.1 Å². The van der Waals surface area contributed by atoms with Crippen LogP contribution in [0.5, 0.6) is 0 Å². The van der Waals surface area contributed by atoms with Gasteiger partial charge in [-0.2, -0.15) is 13.2 Å². The summed E-state index contributed by atoms with van der Waals surface area (Å²) in [5.74, 6) is -3.10. The summed E-state index contributed by atoms with van der Waals surface area (Å²) >= 11 is 0. The van der Waals surface area contributed by atoms with Crippen molar-refractivity contribution in [1.82, 2.24) is 4.90 Å². The lowest BCUT2D eigenvalue weighted by molar-refractivity contribution is -0.128. The number of halogens is 5. The first-order chi connectivity index (χ1) is 14.3. The zero-order chi connectivity index (χ0) is 23.4. The summed E-state index contributed by atoms with van der Waals surface area (Å²) in [7, 11) is -3.11. The molecule has 1 aliphatic heterocycles. The van der Waals surface area contributed by atoms with E-state index in [4.69, 9.17) is 11.1 Å². The molecule has 0 radical (unpaired) electrons. The Hall–Kier alpha value is -2.50. The highest BCUT2D eigenvalue weighted by Gasteiger charge is 2.34. The molecule has 1 aromatic carbocycles. The van der Waals surface area contributed by atoms with E-state index in [1.807, 2.05) is 0 Å². The number of amides is 1. The molecule has 1 saturated heterocycles. The van der Waals surface area contributed by atoms with Crippen molar-refractivity contribution < 1.29 is 35.2 Å². The van der Waals surface area contributed by atoms with Crippen molar-refractivity contribution in [3.63, 3.8) is 0 Å². The van der Waals surface area contributed by atoms with Crippen molar-refractivity contribution >= 4 is 21.5 Å². The topological polar surface area (TPSA) is 104 Å². The van der Waals surface area contributed by atoms with Crippen molar-refractivity contribution in [3.8, 4) is 0 Å². The molecule has 31 heavy (non-hydrogen) atoms. The Morgan fingerprint density at radius 1 is 1.19 bits per heavy atom. The molecule has 0 bridgehead atoms. The molecule has 2 rings (SSSR count). The normalized spacial score (nSPS) is 17.4. The summed E-state index contributed by atoms with van der Waals surface area (Å²) < 4.78 is 88.9. The number of rotatable bonds is 7.